The van der Waals surface area contributed by atoms with Crippen LogP contribution in [0.1, 0.15) is 65.7 Å². The molecule has 0 aromatic rings. The van der Waals surface area contributed by atoms with Gasteiger partial charge in [-0.3, -0.25) is 0 Å². The Balaban J connectivity index is 2.31. The van der Waals surface area contributed by atoms with E-state index in [2.05, 4.69) is 32.9 Å². The van der Waals surface area contributed by atoms with Crippen LogP contribution in [0.3, 0.4) is 0 Å². The molecule has 0 aliphatic heterocycles. The van der Waals surface area contributed by atoms with E-state index in [4.69, 9.17) is 0 Å². The molecule has 1 aliphatic carbocycles. The summed E-state index contributed by atoms with van der Waals surface area (Å²) >= 11 is 0. The second kappa shape index (κ2) is 7.09. The second-order valence-electron chi connectivity index (χ2n) is 5.09. The molecule has 0 heterocycles. The molecule has 0 aromatic carbocycles. The predicted molar refractivity (Wildman–Crippen MR) is 69.0 cm³/mol. The Labute approximate surface area is 96.2 Å². The molecule has 0 nitrogen and oxygen atoms in total. The van der Waals surface area contributed by atoms with Gasteiger partial charge in [-0.2, -0.15) is 0 Å². The third-order valence-electron chi connectivity index (χ3n) is 4.18. The summed E-state index contributed by atoms with van der Waals surface area (Å²) in [5.41, 5.74) is 0. The third kappa shape index (κ3) is 4.01. The normalized spacial score (nSPS) is 27.7. The van der Waals surface area contributed by atoms with Crippen molar-refractivity contribution in [3.8, 4) is 0 Å². The lowest BCUT2D eigenvalue weighted by Crippen LogP contribution is -2.20. The topological polar surface area (TPSA) is 0 Å². The molecular weight excluding hydrogens is 180 g/mol. The van der Waals surface area contributed by atoms with Crippen LogP contribution in [-0.4, -0.2) is 0 Å². The zero-order valence-electron chi connectivity index (χ0n) is 10.8. The number of rotatable bonds is 5. The third-order valence-corrected chi connectivity index (χ3v) is 4.18. The van der Waals surface area contributed by atoms with Gasteiger partial charge in [-0.05, 0) is 49.9 Å². The summed E-state index contributed by atoms with van der Waals surface area (Å²) in [6, 6.07) is 0. The standard InChI is InChI=1S/C15H28/c1-4-7-8-13-9-11-15(12-10-13)14(5-2)6-3/h7-8,13-15H,4-6,9-12H2,1-3H3/b8-7+. The van der Waals surface area contributed by atoms with Crippen molar-refractivity contribution in [3.05, 3.63) is 12.2 Å². The first kappa shape index (κ1) is 12.8. The molecule has 15 heavy (non-hydrogen) atoms. The molecule has 0 heteroatoms. The molecule has 0 atom stereocenters. The van der Waals surface area contributed by atoms with E-state index in [1.165, 1.54) is 44.9 Å². The van der Waals surface area contributed by atoms with Crippen LogP contribution in [-0.2, 0) is 0 Å². The lowest BCUT2D eigenvalue weighted by Gasteiger charge is -2.32. The maximum absolute atomic E-state index is 2.46. The smallest absolute Gasteiger partial charge is 0.0233 e. The van der Waals surface area contributed by atoms with Gasteiger partial charge >= 0.3 is 0 Å². The number of hydrogen-bond acceptors (Lipinski definition) is 0. The van der Waals surface area contributed by atoms with Crippen LogP contribution in [0.4, 0.5) is 0 Å². The van der Waals surface area contributed by atoms with Crippen molar-refractivity contribution < 1.29 is 0 Å². The second-order valence-corrected chi connectivity index (χ2v) is 5.09. The Kier molecular flexibility index (Phi) is 6.05. The molecular formula is C15H28. The van der Waals surface area contributed by atoms with E-state index in [1.807, 2.05) is 0 Å². The largest absolute Gasteiger partial charge is 0.0885 e. The molecule has 1 saturated carbocycles. The minimum atomic E-state index is 0.899. The number of allylic oxidation sites excluding steroid dienone is 2. The van der Waals surface area contributed by atoms with Gasteiger partial charge in [0.1, 0.15) is 0 Å². The highest BCUT2D eigenvalue weighted by molar-refractivity contribution is 4.91. The lowest BCUT2D eigenvalue weighted by molar-refractivity contribution is 0.213. The van der Waals surface area contributed by atoms with Gasteiger partial charge in [0.15, 0.2) is 0 Å². The van der Waals surface area contributed by atoms with Gasteiger partial charge in [-0.15, -0.1) is 0 Å². The summed E-state index contributed by atoms with van der Waals surface area (Å²) in [7, 11) is 0. The predicted octanol–water partition coefficient (Wildman–Crippen LogP) is 5.20. The van der Waals surface area contributed by atoms with E-state index in [0.717, 1.165) is 17.8 Å². The summed E-state index contributed by atoms with van der Waals surface area (Å²) in [4.78, 5) is 0. The molecule has 0 spiro atoms. The average Bonchev–Trinajstić information content (AvgIpc) is 2.29. The molecule has 0 radical (unpaired) electrons. The molecule has 0 amide bonds. The van der Waals surface area contributed by atoms with Crippen molar-refractivity contribution >= 4 is 0 Å². The van der Waals surface area contributed by atoms with E-state index in [-0.39, 0.29) is 0 Å². The quantitative estimate of drug-likeness (QED) is 0.545. The molecule has 0 unspecified atom stereocenters. The summed E-state index contributed by atoms with van der Waals surface area (Å²) < 4.78 is 0. The van der Waals surface area contributed by atoms with Crippen LogP contribution in [0.2, 0.25) is 0 Å². The molecule has 0 saturated heterocycles. The van der Waals surface area contributed by atoms with Crippen LogP contribution in [0.5, 0.6) is 0 Å². The van der Waals surface area contributed by atoms with Crippen LogP contribution in [0.15, 0.2) is 12.2 Å². The highest BCUT2D eigenvalue weighted by Crippen LogP contribution is 2.36. The van der Waals surface area contributed by atoms with Crippen molar-refractivity contribution in [2.24, 2.45) is 17.8 Å². The van der Waals surface area contributed by atoms with Gasteiger partial charge in [-0.1, -0.05) is 45.8 Å². The van der Waals surface area contributed by atoms with Crippen LogP contribution < -0.4 is 0 Å². The minimum absolute atomic E-state index is 0.899. The zero-order valence-corrected chi connectivity index (χ0v) is 10.8. The fourth-order valence-corrected chi connectivity index (χ4v) is 3.09. The first-order chi connectivity index (χ1) is 7.31. The Morgan fingerprint density at radius 3 is 2.07 bits per heavy atom. The highest BCUT2D eigenvalue weighted by Gasteiger charge is 2.24. The van der Waals surface area contributed by atoms with E-state index in [1.54, 1.807) is 0 Å². The van der Waals surface area contributed by atoms with Gasteiger partial charge < -0.3 is 0 Å². The van der Waals surface area contributed by atoms with E-state index < -0.39 is 0 Å². The Morgan fingerprint density at radius 2 is 1.60 bits per heavy atom. The molecule has 0 N–H and O–H groups in total. The molecule has 88 valence electrons. The van der Waals surface area contributed by atoms with Gasteiger partial charge in [0.05, 0.1) is 0 Å². The molecule has 0 bridgehead atoms. The van der Waals surface area contributed by atoms with E-state index in [0.29, 0.717) is 0 Å². The Morgan fingerprint density at radius 1 is 1.00 bits per heavy atom. The molecule has 1 aliphatic rings. The van der Waals surface area contributed by atoms with Crippen LogP contribution >= 0.6 is 0 Å². The maximum Gasteiger partial charge on any atom is -0.0233 e. The molecule has 1 fully saturated rings. The van der Waals surface area contributed by atoms with E-state index in [9.17, 15) is 0 Å². The maximum atomic E-state index is 2.46. The van der Waals surface area contributed by atoms with Gasteiger partial charge in [-0.25, -0.2) is 0 Å². The SMILES string of the molecule is CC/C=C/C1CCC(C(CC)CC)CC1. The molecule has 0 aromatic heterocycles. The van der Waals surface area contributed by atoms with Crippen LogP contribution in [0, 0.1) is 17.8 Å². The Bertz CT molecular complexity index is 168. The van der Waals surface area contributed by atoms with Gasteiger partial charge in [0.25, 0.3) is 0 Å². The lowest BCUT2D eigenvalue weighted by atomic mass is 9.74. The van der Waals surface area contributed by atoms with Crippen molar-refractivity contribution in [3.63, 3.8) is 0 Å². The number of hydrogen-bond donors (Lipinski definition) is 0. The van der Waals surface area contributed by atoms with Crippen LogP contribution in [0.25, 0.3) is 0 Å². The van der Waals surface area contributed by atoms with Crippen molar-refractivity contribution in [2.45, 2.75) is 65.7 Å². The minimum Gasteiger partial charge on any atom is -0.0885 e. The van der Waals surface area contributed by atoms with E-state index >= 15 is 0 Å². The van der Waals surface area contributed by atoms with Crippen molar-refractivity contribution in [1.82, 2.24) is 0 Å². The summed E-state index contributed by atoms with van der Waals surface area (Å²) in [6.45, 7) is 6.95. The summed E-state index contributed by atoms with van der Waals surface area (Å²) in [5.74, 6) is 2.93. The fourth-order valence-electron chi connectivity index (χ4n) is 3.09. The van der Waals surface area contributed by atoms with Gasteiger partial charge in [0, 0.05) is 0 Å². The fraction of sp³-hybridized carbons (Fsp3) is 0.867. The summed E-state index contributed by atoms with van der Waals surface area (Å²) in [6.07, 6.45) is 14.6. The average molecular weight is 208 g/mol. The zero-order chi connectivity index (χ0) is 11.1. The first-order valence-electron chi connectivity index (χ1n) is 6.98. The Hall–Kier alpha value is -0.260. The van der Waals surface area contributed by atoms with Gasteiger partial charge in [0.2, 0.25) is 0 Å². The summed E-state index contributed by atoms with van der Waals surface area (Å²) in [5, 5.41) is 0. The van der Waals surface area contributed by atoms with Crippen molar-refractivity contribution in [1.29, 1.82) is 0 Å². The first-order valence-corrected chi connectivity index (χ1v) is 6.98. The monoisotopic (exact) mass is 208 g/mol. The molecule has 1 rings (SSSR count). The highest BCUT2D eigenvalue weighted by atomic mass is 14.3. The van der Waals surface area contributed by atoms with Crippen molar-refractivity contribution in [2.75, 3.05) is 0 Å².